The van der Waals surface area contributed by atoms with Gasteiger partial charge in [-0.2, -0.15) is 0 Å². The topological polar surface area (TPSA) is 42.7 Å². The van der Waals surface area contributed by atoms with Crippen molar-refractivity contribution in [2.24, 2.45) is 13.0 Å². The molecule has 1 aliphatic heterocycles. The summed E-state index contributed by atoms with van der Waals surface area (Å²) < 4.78 is 15.5. The third-order valence-corrected chi connectivity index (χ3v) is 2.90. The van der Waals surface area contributed by atoms with Crippen molar-refractivity contribution in [3.05, 3.63) is 11.9 Å². The molecule has 0 aliphatic carbocycles. The number of hydrogen-bond donors (Lipinski definition) is 1. The van der Waals surface area contributed by atoms with Crippen LogP contribution in [0.25, 0.3) is 0 Å². The summed E-state index contributed by atoms with van der Waals surface area (Å²) in [6.45, 7) is 1.82. The number of piperidine rings is 1. The normalized spacial score (nSPS) is 24.0. The maximum Gasteiger partial charge on any atom is 0.110 e. The molecule has 2 rings (SSSR count). The zero-order valence-corrected chi connectivity index (χ0v) is 8.99. The van der Waals surface area contributed by atoms with Gasteiger partial charge in [0.2, 0.25) is 0 Å². The number of aryl methyl sites for hydroxylation is 1. The highest BCUT2D eigenvalue weighted by molar-refractivity contribution is 4.96. The van der Waals surface area contributed by atoms with Gasteiger partial charge < -0.3 is 5.32 Å². The summed E-state index contributed by atoms with van der Waals surface area (Å²) in [5, 5.41) is 10.9. The van der Waals surface area contributed by atoms with Crippen LogP contribution in [0.15, 0.2) is 6.20 Å². The smallest absolute Gasteiger partial charge is 0.110 e. The lowest BCUT2D eigenvalue weighted by molar-refractivity contribution is 0.190. The molecule has 5 heteroatoms. The summed E-state index contributed by atoms with van der Waals surface area (Å²) in [5.41, 5.74) is 0.746. The molecule has 0 saturated carbocycles. The van der Waals surface area contributed by atoms with E-state index < -0.39 is 6.17 Å². The van der Waals surface area contributed by atoms with Crippen molar-refractivity contribution in [3.8, 4) is 0 Å². The zero-order chi connectivity index (χ0) is 10.7. The van der Waals surface area contributed by atoms with Crippen molar-refractivity contribution in [1.82, 2.24) is 20.3 Å². The first-order valence-electron chi connectivity index (χ1n) is 5.45. The van der Waals surface area contributed by atoms with Gasteiger partial charge in [-0.15, -0.1) is 5.10 Å². The lowest BCUT2D eigenvalue weighted by Crippen LogP contribution is -2.35. The van der Waals surface area contributed by atoms with Crippen LogP contribution < -0.4 is 5.32 Å². The molecule has 2 heterocycles. The van der Waals surface area contributed by atoms with Gasteiger partial charge in [0, 0.05) is 32.1 Å². The van der Waals surface area contributed by atoms with Crippen LogP contribution >= 0.6 is 0 Å². The first-order chi connectivity index (χ1) is 7.25. The Morgan fingerprint density at radius 3 is 3.20 bits per heavy atom. The van der Waals surface area contributed by atoms with Crippen LogP contribution in [0.5, 0.6) is 0 Å². The van der Waals surface area contributed by atoms with Crippen molar-refractivity contribution < 1.29 is 4.39 Å². The molecule has 1 N–H and O–H groups in total. The Morgan fingerprint density at radius 1 is 1.73 bits per heavy atom. The van der Waals surface area contributed by atoms with Gasteiger partial charge in [-0.3, -0.25) is 4.68 Å². The molecule has 2 unspecified atom stereocenters. The number of nitrogens with zero attached hydrogens (tertiary/aromatic N) is 3. The molecule has 0 amide bonds. The highest BCUT2D eigenvalue weighted by atomic mass is 19.1. The summed E-state index contributed by atoms with van der Waals surface area (Å²) in [4.78, 5) is 0. The van der Waals surface area contributed by atoms with Crippen molar-refractivity contribution >= 4 is 0 Å². The fraction of sp³-hybridized carbons (Fsp3) is 0.800. The highest BCUT2D eigenvalue weighted by Crippen LogP contribution is 2.19. The van der Waals surface area contributed by atoms with Gasteiger partial charge in [-0.05, 0) is 19.4 Å². The summed E-state index contributed by atoms with van der Waals surface area (Å²) in [6, 6.07) is 0. The van der Waals surface area contributed by atoms with Gasteiger partial charge in [-0.25, -0.2) is 4.39 Å². The number of aromatic nitrogens is 3. The lowest BCUT2D eigenvalue weighted by atomic mass is 9.92. The van der Waals surface area contributed by atoms with Crippen LogP contribution in [0.1, 0.15) is 18.5 Å². The summed E-state index contributed by atoms with van der Waals surface area (Å²) >= 11 is 0. The Labute approximate surface area is 88.9 Å². The number of hydrogen-bond acceptors (Lipinski definition) is 3. The van der Waals surface area contributed by atoms with Crippen LogP contribution in [0, 0.1) is 5.92 Å². The standard InChI is InChI=1S/C10H17FN4/c1-15-7-9(13-14-15)5-10(11)8-3-2-4-12-6-8/h7-8,10,12H,2-6H2,1H3. The van der Waals surface area contributed by atoms with Crippen molar-refractivity contribution in [3.63, 3.8) is 0 Å². The molecule has 2 atom stereocenters. The van der Waals surface area contributed by atoms with Crippen molar-refractivity contribution in [2.45, 2.75) is 25.4 Å². The molecule has 15 heavy (non-hydrogen) atoms. The van der Waals surface area contributed by atoms with Gasteiger partial charge >= 0.3 is 0 Å². The molecule has 84 valence electrons. The largest absolute Gasteiger partial charge is 0.316 e. The van der Waals surface area contributed by atoms with Crippen molar-refractivity contribution in [2.75, 3.05) is 13.1 Å². The second kappa shape index (κ2) is 4.70. The number of nitrogens with one attached hydrogen (secondary N) is 1. The summed E-state index contributed by atoms with van der Waals surface area (Å²) in [7, 11) is 1.80. The van der Waals surface area contributed by atoms with E-state index in [1.165, 1.54) is 0 Å². The molecule has 1 aromatic heterocycles. The molecule has 1 saturated heterocycles. The minimum Gasteiger partial charge on any atom is -0.316 e. The number of rotatable bonds is 3. The molecule has 1 aromatic rings. The van der Waals surface area contributed by atoms with E-state index in [2.05, 4.69) is 15.6 Å². The quantitative estimate of drug-likeness (QED) is 0.802. The minimum atomic E-state index is -0.797. The van der Waals surface area contributed by atoms with Gasteiger partial charge in [0.05, 0.1) is 5.69 Å². The van der Waals surface area contributed by atoms with E-state index in [4.69, 9.17) is 0 Å². The van der Waals surface area contributed by atoms with E-state index in [0.29, 0.717) is 6.42 Å². The van der Waals surface area contributed by atoms with E-state index in [0.717, 1.165) is 31.6 Å². The van der Waals surface area contributed by atoms with E-state index in [1.807, 2.05) is 0 Å². The van der Waals surface area contributed by atoms with Crippen molar-refractivity contribution in [1.29, 1.82) is 0 Å². The van der Waals surface area contributed by atoms with E-state index >= 15 is 0 Å². The molecular formula is C10H17FN4. The van der Waals surface area contributed by atoms with Crippen LogP contribution in [-0.4, -0.2) is 34.3 Å². The summed E-state index contributed by atoms with van der Waals surface area (Å²) in [6.07, 6.45) is 3.43. The Morgan fingerprint density at radius 2 is 2.60 bits per heavy atom. The monoisotopic (exact) mass is 212 g/mol. The molecule has 0 bridgehead atoms. The first-order valence-corrected chi connectivity index (χ1v) is 5.45. The Kier molecular flexibility index (Phi) is 3.30. The predicted octanol–water partition coefficient (Wildman–Crippen LogP) is 0.695. The van der Waals surface area contributed by atoms with Crippen LogP contribution in [0.4, 0.5) is 4.39 Å². The maximum absolute atomic E-state index is 13.9. The predicted molar refractivity (Wildman–Crippen MR) is 55.2 cm³/mol. The lowest BCUT2D eigenvalue weighted by Gasteiger charge is -2.25. The van der Waals surface area contributed by atoms with Crippen LogP contribution in [0.2, 0.25) is 0 Å². The van der Waals surface area contributed by atoms with E-state index in [9.17, 15) is 4.39 Å². The Balaban J connectivity index is 1.88. The molecular weight excluding hydrogens is 195 g/mol. The van der Waals surface area contributed by atoms with Gasteiger partial charge in [-0.1, -0.05) is 5.21 Å². The average Bonchev–Trinajstić information content (AvgIpc) is 2.65. The first kappa shape index (κ1) is 10.5. The molecule has 4 nitrogen and oxygen atoms in total. The molecule has 1 aliphatic rings. The second-order valence-corrected chi connectivity index (χ2v) is 4.21. The SMILES string of the molecule is Cn1cc(CC(F)C2CCCNC2)nn1. The molecule has 0 spiro atoms. The second-order valence-electron chi connectivity index (χ2n) is 4.21. The number of halogens is 1. The Hall–Kier alpha value is -0.970. The third-order valence-electron chi connectivity index (χ3n) is 2.90. The Bertz CT molecular complexity index is 306. The fourth-order valence-corrected chi connectivity index (χ4v) is 2.04. The highest BCUT2D eigenvalue weighted by Gasteiger charge is 2.24. The molecule has 1 fully saturated rings. The van der Waals surface area contributed by atoms with E-state index in [-0.39, 0.29) is 5.92 Å². The van der Waals surface area contributed by atoms with E-state index in [1.54, 1.807) is 17.9 Å². The third kappa shape index (κ3) is 2.75. The summed E-state index contributed by atoms with van der Waals surface area (Å²) in [5.74, 6) is 0.140. The van der Waals surface area contributed by atoms with Gasteiger partial charge in [0.25, 0.3) is 0 Å². The fourth-order valence-electron chi connectivity index (χ4n) is 2.04. The van der Waals surface area contributed by atoms with Gasteiger partial charge in [0.15, 0.2) is 0 Å². The molecule has 0 aromatic carbocycles. The van der Waals surface area contributed by atoms with Gasteiger partial charge in [0.1, 0.15) is 6.17 Å². The van der Waals surface area contributed by atoms with Crippen LogP contribution in [0.3, 0.4) is 0 Å². The zero-order valence-electron chi connectivity index (χ0n) is 8.99. The maximum atomic E-state index is 13.9. The molecule has 0 radical (unpaired) electrons. The minimum absolute atomic E-state index is 0.140. The number of alkyl halides is 1. The van der Waals surface area contributed by atoms with Crippen LogP contribution in [-0.2, 0) is 13.5 Å². The average molecular weight is 212 g/mol.